The Bertz CT molecular complexity index is 1080. The fourth-order valence-corrected chi connectivity index (χ4v) is 4.06. The third kappa shape index (κ3) is 4.85. The normalized spacial score (nSPS) is 14.3. The Morgan fingerprint density at radius 2 is 1.68 bits per heavy atom. The first-order chi connectivity index (χ1) is 15.0. The van der Waals surface area contributed by atoms with Crippen LogP contribution in [0.5, 0.6) is 0 Å². The van der Waals surface area contributed by atoms with E-state index in [0.29, 0.717) is 16.9 Å². The maximum Gasteiger partial charge on any atom is 0.276 e. The number of aryl methyl sites for hydroxylation is 2. The molecule has 0 unspecified atom stereocenters. The van der Waals surface area contributed by atoms with Crippen LogP contribution < -0.4 is 10.6 Å². The molecule has 0 bridgehead atoms. The van der Waals surface area contributed by atoms with E-state index in [1.54, 1.807) is 22.9 Å². The van der Waals surface area contributed by atoms with Gasteiger partial charge < -0.3 is 10.6 Å². The van der Waals surface area contributed by atoms with Gasteiger partial charge in [-0.05, 0) is 68.7 Å². The van der Waals surface area contributed by atoms with Crippen LogP contribution in [0, 0.1) is 13.8 Å². The minimum absolute atomic E-state index is 0.0508. The van der Waals surface area contributed by atoms with Gasteiger partial charge in [0.1, 0.15) is 0 Å². The molecule has 0 radical (unpaired) electrons. The average molecular weight is 417 g/mol. The predicted molar refractivity (Wildman–Crippen MR) is 122 cm³/mol. The number of carbonyl (C=O) groups excluding carboxylic acids is 2. The largest absolute Gasteiger partial charge is 0.349 e. The molecule has 0 saturated heterocycles. The second-order valence-electron chi connectivity index (χ2n) is 8.21. The van der Waals surface area contributed by atoms with Crippen LogP contribution in [-0.2, 0) is 0 Å². The fraction of sp³-hybridized carbons (Fsp3) is 0.320. The van der Waals surface area contributed by atoms with Crippen molar-refractivity contribution < 1.29 is 9.59 Å². The van der Waals surface area contributed by atoms with Crippen LogP contribution in [0.25, 0.3) is 5.69 Å². The molecule has 0 aliphatic heterocycles. The molecule has 2 aromatic carbocycles. The first-order valence-electron chi connectivity index (χ1n) is 10.9. The van der Waals surface area contributed by atoms with Crippen LogP contribution >= 0.6 is 0 Å². The van der Waals surface area contributed by atoms with Crippen LogP contribution in [0.3, 0.4) is 0 Å². The summed E-state index contributed by atoms with van der Waals surface area (Å²) >= 11 is 0. The summed E-state index contributed by atoms with van der Waals surface area (Å²) < 4.78 is 1.75. The molecular formula is C25H28N4O2. The SMILES string of the molecule is Cc1cc(C(=O)NC2CCCCC2)ccc1NC(=O)c1cc(C)n(-c2ccccc2)n1. The van der Waals surface area contributed by atoms with Gasteiger partial charge >= 0.3 is 0 Å². The van der Waals surface area contributed by atoms with Crippen molar-refractivity contribution in [2.24, 2.45) is 0 Å². The van der Waals surface area contributed by atoms with Crippen molar-refractivity contribution in [3.8, 4) is 5.69 Å². The van der Waals surface area contributed by atoms with Crippen molar-refractivity contribution in [3.05, 3.63) is 77.1 Å². The van der Waals surface area contributed by atoms with Crippen molar-refractivity contribution in [1.82, 2.24) is 15.1 Å². The van der Waals surface area contributed by atoms with Gasteiger partial charge in [0, 0.05) is 23.0 Å². The number of hydrogen-bond acceptors (Lipinski definition) is 3. The first kappa shape index (κ1) is 20.8. The lowest BCUT2D eigenvalue weighted by molar-refractivity contribution is 0.0927. The molecule has 3 aromatic rings. The zero-order chi connectivity index (χ0) is 21.8. The molecule has 1 fully saturated rings. The highest BCUT2D eigenvalue weighted by Crippen LogP contribution is 2.21. The number of benzene rings is 2. The number of aromatic nitrogens is 2. The highest BCUT2D eigenvalue weighted by Gasteiger charge is 2.18. The van der Waals surface area contributed by atoms with Crippen molar-refractivity contribution in [2.75, 3.05) is 5.32 Å². The van der Waals surface area contributed by atoms with E-state index in [4.69, 9.17) is 0 Å². The fourth-order valence-electron chi connectivity index (χ4n) is 4.06. The van der Waals surface area contributed by atoms with Gasteiger partial charge in [0.2, 0.25) is 0 Å². The van der Waals surface area contributed by atoms with Gasteiger partial charge in [-0.25, -0.2) is 4.68 Å². The number of amides is 2. The molecule has 1 aliphatic carbocycles. The molecule has 4 rings (SSSR count). The average Bonchev–Trinajstić information content (AvgIpc) is 3.18. The molecule has 2 N–H and O–H groups in total. The molecular weight excluding hydrogens is 388 g/mol. The number of hydrogen-bond donors (Lipinski definition) is 2. The molecule has 160 valence electrons. The third-order valence-corrected chi connectivity index (χ3v) is 5.80. The Hall–Kier alpha value is -3.41. The zero-order valence-corrected chi connectivity index (χ0v) is 18.0. The van der Waals surface area contributed by atoms with Crippen LogP contribution in [0.2, 0.25) is 0 Å². The van der Waals surface area contributed by atoms with Gasteiger partial charge in [-0.15, -0.1) is 0 Å². The van der Waals surface area contributed by atoms with Crippen molar-refractivity contribution in [3.63, 3.8) is 0 Å². The molecule has 1 heterocycles. The molecule has 0 spiro atoms. The van der Waals surface area contributed by atoms with E-state index < -0.39 is 0 Å². The van der Waals surface area contributed by atoms with E-state index in [9.17, 15) is 9.59 Å². The van der Waals surface area contributed by atoms with E-state index in [1.807, 2.05) is 50.2 Å². The lowest BCUT2D eigenvalue weighted by Gasteiger charge is -2.23. The third-order valence-electron chi connectivity index (χ3n) is 5.80. The molecule has 6 nitrogen and oxygen atoms in total. The number of anilines is 1. The Balaban J connectivity index is 1.44. The lowest BCUT2D eigenvalue weighted by atomic mass is 9.95. The zero-order valence-electron chi connectivity index (χ0n) is 18.0. The van der Waals surface area contributed by atoms with Crippen molar-refractivity contribution >= 4 is 17.5 Å². The summed E-state index contributed by atoms with van der Waals surface area (Å²) in [6.45, 7) is 3.81. The predicted octanol–water partition coefficient (Wildman–Crippen LogP) is 4.80. The van der Waals surface area contributed by atoms with E-state index in [0.717, 1.165) is 29.8 Å². The maximum absolute atomic E-state index is 12.8. The van der Waals surface area contributed by atoms with Crippen molar-refractivity contribution in [1.29, 1.82) is 0 Å². The Morgan fingerprint density at radius 3 is 2.39 bits per heavy atom. The lowest BCUT2D eigenvalue weighted by Crippen LogP contribution is -2.36. The summed E-state index contributed by atoms with van der Waals surface area (Å²) in [4.78, 5) is 25.4. The number of nitrogens with zero attached hydrogens (tertiary/aromatic N) is 2. The van der Waals surface area contributed by atoms with Gasteiger partial charge in [-0.3, -0.25) is 9.59 Å². The molecule has 31 heavy (non-hydrogen) atoms. The summed E-state index contributed by atoms with van der Waals surface area (Å²) in [5.41, 5.74) is 4.26. The Kier molecular flexibility index (Phi) is 6.16. The molecule has 0 atom stereocenters. The van der Waals surface area contributed by atoms with Gasteiger partial charge in [-0.2, -0.15) is 5.10 Å². The maximum atomic E-state index is 12.8. The minimum Gasteiger partial charge on any atom is -0.349 e. The number of rotatable bonds is 5. The van der Waals surface area contributed by atoms with Gasteiger partial charge in [-0.1, -0.05) is 37.5 Å². The van der Waals surface area contributed by atoms with E-state index >= 15 is 0 Å². The van der Waals surface area contributed by atoms with E-state index in [2.05, 4.69) is 15.7 Å². The van der Waals surface area contributed by atoms with Crippen molar-refractivity contribution in [2.45, 2.75) is 52.0 Å². The standard InChI is InChI=1S/C25H28N4O2/c1-17-15-19(24(30)26-20-9-5-3-6-10-20)13-14-22(17)27-25(31)23-16-18(2)29(28-23)21-11-7-4-8-12-21/h4,7-8,11-16,20H,3,5-6,9-10H2,1-2H3,(H,26,30)(H,27,31). The van der Waals surface area contributed by atoms with Gasteiger partial charge in [0.05, 0.1) is 5.69 Å². The molecule has 1 saturated carbocycles. The van der Waals surface area contributed by atoms with Crippen LogP contribution in [0.4, 0.5) is 5.69 Å². The van der Waals surface area contributed by atoms with Gasteiger partial charge in [0.15, 0.2) is 5.69 Å². The monoisotopic (exact) mass is 416 g/mol. The van der Waals surface area contributed by atoms with E-state index in [1.165, 1.54) is 19.3 Å². The van der Waals surface area contributed by atoms with Crippen LogP contribution in [0.15, 0.2) is 54.6 Å². The Morgan fingerprint density at radius 1 is 0.935 bits per heavy atom. The number of nitrogens with one attached hydrogen (secondary N) is 2. The molecule has 2 amide bonds. The molecule has 1 aromatic heterocycles. The number of carbonyl (C=O) groups is 2. The highest BCUT2D eigenvalue weighted by atomic mass is 16.2. The second kappa shape index (κ2) is 9.16. The summed E-state index contributed by atoms with van der Waals surface area (Å²) in [6.07, 6.45) is 5.70. The smallest absolute Gasteiger partial charge is 0.276 e. The van der Waals surface area contributed by atoms with E-state index in [-0.39, 0.29) is 17.9 Å². The summed E-state index contributed by atoms with van der Waals surface area (Å²) in [5, 5.41) is 10.5. The molecule has 1 aliphatic rings. The first-order valence-corrected chi connectivity index (χ1v) is 10.9. The second-order valence-corrected chi connectivity index (χ2v) is 8.21. The summed E-state index contributed by atoms with van der Waals surface area (Å²) in [5.74, 6) is -0.328. The quantitative estimate of drug-likeness (QED) is 0.627. The topological polar surface area (TPSA) is 76.0 Å². The van der Waals surface area contributed by atoms with Crippen LogP contribution in [-0.4, -0.2) is 27.6 Å². The summed E-state index contributed by atoms with van der Waals surface area (Å²) in [7, 11) is 0. The van der Waals surface area contributed by atoms with Crippen LogP contribution in [0.1, 0.15) is 64.2 Å². The summed E-state index contributed by atoms with van der Waals surface area (Å²) in [6, 6.07) is 17.1. The highest BCUT2D eigenvalue weighted by molar-refractivity contribution is 6.04. The minimum atomic E-state index is -0.278. The Labute approximate surface area is 182 Å². The van der Waals surface area contributed by atoms with Gasteiger partial charge in [0.25, 0.3) is 11.8 Å². The molecule has 6 heteroatoms. The number of para-hydroxylation sites is 1.